The van der Waals surface area contributed by atoms with E-state index >= 15 is 0 Å². The highest BCUT2D eigenvalue weighted by atomic mass is 32.1. The summed E-state index contributed by atoms with van der Waals surface area (Å²) < 4.78 is 5.50. The van der Waals surface area contributed by atoms with Crippen molar-refractivity contribution in [1.29, 1.82) is 0 Å². The van der Waals surface area contributed by atoms with E-state index in [-0.39, 0.29) is 12.0 Å². The quantitative estimate of drug-likeness (QED) is 0.920. The maximum atomic E-state index is 11.3. The topological polar surface area (TPSA) is 62.7 Å². The first kappa shape index (κ1) is 14.3. The minimum absolute atomic E-state index is 0.165. The molecule has 6 heteroatoms. The van der Waals surface area contributed by atoms with Crippen molar-refractivity contribution in [1.82, 2.24) is 4.98 Å². The molecule has 1 aliphatic rings. The molecule has 1 aliphatic heterocycles. The zero-order chi connectivity index (χ0) is 14.0. The second-order valence-corrected chi connectivity index (χ2v) is 5.93. The zero-order valence-electron chi connectivity index (χ0n) is 11.5. The fraction of sp³-hybridized carbons (Fsp3) is 0.692. The molecule has 2 unspecified atom stereocenters. The second-order valence-electron chi connectivity index (χ2n) is 4.95. The van der Waals surface area contributed by atoms with Crippen LogP contribution < -0.4 is 4.90 Å². The van der Waals surface area contributed by atoms with Gasteiger partial charge in [0.05, 0.1) is 18.4 Å². The van der Waals surface area contributed by atoms with Crippen molar-refractivity contribution >= 4 is 22.4 Å². The molecule has 0 aliphatic carbocycles. The van der Waals surface area contributed by atoms with Crippen molar-refractivity contribution in [3.63, 3.8) is 0 Å². The Bertz CT molecular complexity index is 461. The average Bonchev–Trinajstić information content (AvgIpc) is 2.83. The maximum Gasteiger partial charge on any atom is 0.347 e. The second kappa shape index (κ2) is 5.88. The Morgan fingerprint density at radius 2 is 2.42 bits per heavy atom. The van der Waals surface area contributed by atoms with Crippen LogP contribution in [-0.4, -0.2) is 41.9 Å². The van der Waals surface area contributed by atoms with Crippen molar-refractivity contribution in [2.24, 2.45) is 0 Å². The molecule has 0 radical (unpaired) electrons. The molecular weight excluding hydrogens is 264 g/mol. The molecule has 2 atom stereocenters. The number of carbonyl (C=O) groups is 1. The third-order valence-electron chi connectivity index (χ3n) is 3.43. The van der Waals surface area contributed by atoms with Gasteiger partial charge in [0.1, 0.15) is 4.88 Å². The number of aromatic carboxylic acids is 1. The fourth-order valence-electron chi connectivity index (χ4n) is 2.13. The summed E-state index contributed by atoms with van der Waals surface area (Å²) in [5, 5.41) is 10.1. The number of carboxylic acids is 1. The molecule has 2 rings (SSSR count). The lowest BCUT2D eigenvalue weighted by molar-refractivity contribution is 0.0532. The van der Waals surface area contributed by atoms with Gasteiger partial charge in [-0.15, -0.1) is 0 Å². The monoisotopic (exact) mass is 284 g/mol. The van der Waals surface area contributed by atoms with E-state index in [0.29, 0.717) is 17.2 Å². The van der Waals surface area contributed by atoms with Gasteiger partial charge in [-0.3, -0.25) is 0 Å². The predicted octanol–water partition coefficient (Wildman–Crippen LogP) is 2.58. The number of thiazole rings is 1. The standard InChI is InChI=1S/C13H20N2O3S/c1-4-8(2)10-11(12(16)17)19-13(14-10)15-5-6-18-9(3)7-15/h8-9H,4-7H2,1-3H3,(H,16,17). The van der Waals surface area contributed by atoms with Gasteiger partial charge in [0.2, 0.25) is 0 Å². The van der Waals surface area contributed by atoms with Crippen LogP contribution in [-0.2, 0) is 4.74 Å². The van der Waals surface area contributed by atoms with Crippen molar-refractivity contribution in [3.05, 3.63) is 10.6 Å². The zero-order valence-corrected chi connectivity index (χ0v) is 12.4. The van der Waals surface area contributed by atoms with Gasteiger partial charge >= 0.3 is 5.97 Å². The van der Waals surface area contributed by atoms with E-state index in [1.165, 1.54) is 11.3 Å². The van der Waals surface area contributed by atoms with E-state index in [1.54, 1.807) is 0 Å². The van der Waals surface area contributed by atoms with Gasteiger partial charge in [0, 0.05) is 13.1 Å². The first-order chi connectivity index (χ1) is 9.02. The van der Waals surface area contributed by atoms with Crippen molar-refractivity contribution < 1.29 is 14.6 Å². The largest absolute Gasteiger partial charge is 0.477 e. The Labute approximate surface area is 117 Å². The lowest BCUT2D eigenvalue weighted by Gasteiger charge is -2.30. The van der Waals surface area contributed by atoms with Crippen LogP contribution in [0.1, 0.15) is 48.5 Å². The molecule has 0 saturated carbocycles. The van der Waals surface area contributed by atoms with Gasteiger partial charge in [-0.05, 0) is 19.3 Å². The Kier molecular flexibility index (Phi) is 4.42. The van der Waals surface area contributed by atoms with Gasteiger partial charge in [0.15, 0.2) is 5.13 Å². The molecular formula is C13H20N2O3S. The molecule has 1 fully saturated rings. The Morgan fingerprint density at radius 3 is 3.00 bits per heavy atom. The van der Waals surface area contributed by atoms with Crippen LogP contribution >= 0.6 is 11.3 Å². The Balaban J connectivity index is 2.29. The molecule has 1 N–H and O–H groups in total. The van der Waals surface area contributed by atoms with Crippen LogP contribution in [0.4, 0.5) is 5.13 Å². The van der Waals surface area contributed by atoms with Crippen molar-refractivity contribution in [3.8, 4) is 0 Å². The van der Waals surface area contributed by atoms with E-state index in [9.17, 15) is 9.90 Å². The minimum Gasteiger partial charge on any atom is -0.477 e. The molecule has 0 spiro atoms. The third kappa shape index (κ3) is 3.06. The van der Waals surface area contributed by atoms with Gasteiger partial charge < -0.3 is 14.7 Å². The number of aromatic nitrogens is 1. The summed E-state index contributed by atoms with van der Waals surface area (Å²) >= 11 is 1.28. The van der Waals surface area contributed by atoms with Gasteiger partial charge in [-0.2, -0.15) is 0 Å². The highest BCUT2D eigenvalue weighted by Crippen LogP contribution is 2.32. The molecule has 106 valence electrons. The number of anilines is 1. The van der Waals surface area contributed by atoms with Crippen LogP contribution in [0.3, 0.4) is 0 Å². The molecule has 1 aromatic heterocycles. The summed E-state index contributed by atoms with van der Waals surface area (Å²) in [6.07, 6.45) is 1.06. The van der Waals surface area contributed by atoms with Crippen LogP contribution in [0.15, 0.2) is 0 Å². The summed E-state index contributed by atoms with van der Waals surface area (Å²) in [4.78, 5) is 18.4. The van der Waals surface area contributed by atoms with Crippen LogP contribution in [0, 0.1) is 0 Å². The summed E-state index contributed by atoms with van der Waals surface area (Å²) in [6, 6.07) is 0. The number of morpholine rings is 1. The van der Waals surface area contributed by atoms with Gasteiger partial charge in [-0.1, -0.05) is 25.2 Å². The number of nitrogens with zero attached hydrogens (tertiary/aromatic N) is 2. The number of hydrogen-bond donors (Lipinski definition) is 1. The van der Waals surface area contributed by atoms with Gasteiger partial charge in [0.25, 0.3) is 0 Å². The van der Waals surface area contributed by atoms with E-state index in [4.69, 9.17) is 4.74 Å². The van der Waals surface area contributed by atoms with Crippen LogP contribution in [0.2, 0.25) is 0 Å². The van der Waals surface area contributed by atoms with Gasteiger partial charge in [-0.25, -0.2) is 9.78 Å². The fourth-order valence-corrected chi connectivity index (χ4v) is 3.19. The predicted molar refractivity (Wildman–Crippen MR) is 75.4 cm³/mol. The lowest BCUT2D eigenvalue weighted by atomic mass is 10.0. The Morgan fingerprint density at radius 1 is 1.68 bits per heavy atom. The summed E-state index contributed by atoms with van der Waals surface area (Å²) in [7, 11) is 0. The van der Waals surface area contributed by atoms with Crippen LogP contribution in [0.5, 0.6) is 0 Å². The van der Waals surface area contributed by atoms with E-state index in [1.807, 2.05) is 20.8 Å². The number of hydrogen-bond acceptors (Lipinski definition) is 5. The first-order valence-electron chi connectivity index (χ1n) is 6.63. The highest BCUT2D eigenvalue weighted by Gasteiger charge is 2.25. The number of rotatable bonds is 4. The summed E-state index contributed by atoms with van der Waals surface area (Å²) in [5.41, 5.74) is 0.717. The van der Waals surface area contributed by atoms with Crippen molar-refractivity contribution in [2.45, 2.75) is 39.2 Å². The number of ether oxygens (including phenoxy) is 1. The van der Waals surface area contributed by atoms with E-state index in [0.717, 1.165) is 24.6 Å². The highest BCUT2D eigenvalue weighted by molar-refractivity contribution is 7.17. The maximum absolute atomic E-state index is 11.3. The first-order valence-corrected chi connectivity index (χ1v) is 7.45. The SMILES string of the molecule is CCC(C)c1nc(N2CCOC(C)C2)sc1C(=O)O. The lowest BCUT2D eigenvalue weighted by Crippen LogP contribution is -2.41. The molecule has 5 nitrogen and oxygen atoms in total. The van der Waals surface area contributed by atoms with E-state index < -0.39 is 5.97 Å². The molecule has 1 saturated heterocycles. The molecule has 0 aromatic carbocycles. The normalized spacial score (nSPS) is 21.4. The van der Waals surface area contributed by atoms with Crippen molar-refractivity contribution in [2.75, 3.05) is 24.6 Å². The average molecular weight is 284 g/mol. The third-order valence-corrected chi connectivity index (χ3v) is 4.55. The van der Waals surface area contributed by atoms with Crippen LogP contribution in [0.25, 0.3) is 0 Å². The minimum atomic E-state index is -0.875. The van der Waals surface area contributed by atoms with E-state index in [2.05, 4.69) is 9.88 Å². The molecule has 2 heterocycles. The molecule has 0 amide bonds. The molecule has 0 bridgehead atoms. The molecule has 1 aromatic rings. The summed E-state index contributed by atoms with van der Waals surface area (Å²) in [6.45, 7) is 8.30. The number of carboxylic acid groups (broad SMARTS) is 1. The smallest absolute Gasteiger partial charge is 0.347 e. The summed E-state index contributed by atoms with van der Waals surface area (Å²) in [5.74, 6) is -0.699. The Hall–Kier alpha value is -1.14. The molecule has 19 heavy (non-hydrogen) atoms.